The molecule has 0 unspecified atom stereocenters. The number of aromatic nitrogens is 2. The van der Waals surface area contributed by atoms with Crippen LogP contribution in [0.5, 0.6) is 0 Å². The van der Waals surface area contributed by atoms with E-state index in [1.165, 1.54) is 28.5 Å². The van der Waals surface area contributed by atoms with E-state index < -0.39 is 10.0 Å². The van der Waals surface area contributed by atoms with Crippen LogP contribution in [0.1, 0.15) is 81.9 Å². The van der Waals surface area contributed by atoms with Gasteiger partial charge in [-0.25, -0.2) is 8.42 Å². The standard InChI is InChI=1S/C23H34N4O4S2/c1-15(2)23-25-21(26-31-23)19-13-20(16(3)32-19)33(29,30)27-12-8-9-17(14-27)22(28)24-18-10-6-4-5-7-11-18/h13,15,17-18H,4-12,14H2,1-3H3,(H,24,28)/t17-/m0/s1. The molecule has 2 aliphatic rings. The molecule has 2 fully saturated rings. The summed E-state index contributed by atoms with van der Waals surface area (Å²) < 4.78 is 33.8. The Labute approximate surface area is 200 Å². The van der Waals surface area contributed by atoms with Crippen LogP contribution < -0.4 is 5.32 Å². The first-order chi connectivity index (χ1) is 15.8. The van der Waals surface area contributed by atoms with E-state index in [2.05, 4.69) is 15.5 Å². The van der Waals surface area contributed by atoms with Gasteiger partial charge < -0.3 is 9.84 Å². The number of nitrogens with one attached hydrogen (secondary N) is 1. The lowest BCUT2D eigenvalue weighted by Crippen LogP contribution is -2.47. The van der Waals surface area contributed by atoms with Crippen molar-refractivity contribution in [2.75, 3.05) is 13.1 Å². The maximum Gasteiger partial charge on any atom is 0.244 e. The first-order valence-electron chi connectivity index (χ1n) is 12.0. The number of amides is 1. The Morgan fingerprint density at radius 1 is 1.18 bits per heavy atom. The third-order valence-electron chi connectivity index (χ3n) is 6.60. The highest BCUT2D eigenvalue weighted by atomic mass is 32.2. The lowest BCUT2D eigenvalue weighted by molar-refractivity contribution is -0.126. The summed E-state index contributed by atoms with van der Waals surface area (Å²) in [7, 11) is -3.72. The molecule has 182 valence electrons. The third-order valence-corrected chi connectivity index (χ3v) is 9.77. The molecule has 4 rings (SSSR count). The first-order valence-corrected chi connectivity index (χ1v) is 14.3. The van der Waals surface area contributed by atoms with Crippen LogP contribution in [0.15, 0.2) is 15.5 Å². The van der Waals surface area contributed by atoms with Crippen LogP contribution in [0.2, 0.25) is 0 Å². The number of rotatable bonds is 6. The lowest BCUT2D eigenvalue weighted by atomic mass is 9.97. The topological polar surface area (TPSA) is 105 Å². The number of hydrogen-bond acceptors (Lipinski definition) is 7. The molecule has 33 heavy (non-hydrogen) atoms. The average molecular weight is 495 g/mol. The first kappa shape index (κ1) is 24.3. The number of hydrogen-bond donors (Lipinski definition) is 1. The Hall–Kier alpha value is -1.78. The Bertz CT molecular complexity index is 1070. The molecule has 0 bridgehead atoms. The van der Waals surface area contributed by atoms with Gasteiger partial charge >= 0.3 is 0 Å². The molecule has 1 N–H and O–H groups in total. The van der Waals surface area contributed by atoms with E-state index in [1.54, 1.807) is 13.0 Å². The monoisotopic (exact) mass is 494 g/mol. The van der Waals surface area contributed by atoms with Gasteiger partial charge in [0.1, 0.15) is 0 Å². The highest BCUT2D eigenvalue weighted by Crippen LogP contribution is 2.35. The third kappa shape index (κ3) is 5.49. The number of nitrogens with zero attached hydrogens (tertiary/aromatic N) is 3. The Morgan fingerprint density at radius 2 is 1.91 bits per heavy atom. The van der Waals surface area contributed by atoms with Crippen LogP contribution in [-0.4, -0.2) is 47.9 Å². The highest BCUT2D eigenvalue weighted by molar-refractivity contribution is 7.89. The van der Waals surface area contributed by atoms with Gasteiger partial charge in [0, 0.05) is 29.9 Å². The largest absolute Gasteiger partial charge is 0.353 e. The van der Waals surface area contributed by atoms with Gasteiger partial charge in [-0.15, -0.1) is 11.3 Å². The minimum Gasteiger partial charge on any atom is -0.353 e. The molecule has 1 amide bonds. The summed E-state index contributed by atoms with van der Waals surface area (Å²) in [4.78, 5) is 19.0. The van der Waals surface area contributed by atoms with Gasteiger partial charge in [-0.05, 0) is 38.7 Å². The molecular formula is C23H34N4O4S2. The molecule has 1 saturated heterocycles. The molecule has 1 atom stereocenters. The van der Waals surface area contributed by atoms with E-state index in [0.717, 1.165) is 32.1 Å². The van der Waals surface area contributed by atoms with Gasteiger partial charge in [0.2, 0.25) is 27.6 Å². The molecule has 1 saturated carbocycles. The fourth-order valence-corrected chi connectivity index (χ4v) is 7.67. The second kappa shape index (κ2) is 10.2. The fraction of sp³-hybridized carbons (Fsp3) is 0.696. The molecule has 0 aromatic carbocycles. The molecule has 8 nitrogen and oxygen atoms in total. The number of aryl methyl sites for hydroxylation is 1. The molecule has 10 heteroatoms. The number of piperidine rings is 1. The average Bonchev–Trinajstić information content (AvgIpc) is 3.35. The van der Waals surface area contributed by atoms with E-state index in [1.807, 2.05) is 13.8 Å². The van der Waals surface area contributed by atoms with Crippen LogP contribution >= 0.6 is 11.3 Å². The zero-order chi connectivity index (χ0) is 23.6. The summed E-state index contributed by atoms with van der Waals surface area (Å²) in [5.41, 5.74) is 0. The summed E-state index contributed by atoms with van der Waals surface area (Å²) in [6, 6.07) is 1.86. The van der Waals surface area contributed by atoms with Crippen molar-refractivity contribution in [2.24, 2.45) is 5.92 Å². The Kier molecular flexibility index (Phi) is 7.55. The van der Waals surface area contributed by atoms with Crippen LogP contribution in [0.3, 0.4) is 0 Å². The summed E-state index contributed by atoms with van der Waals surface area (Å²) in [5, 5.41) is 7.22. The van der Waals surface area contributed by atoms with E-state index >= 15 is 0 Å². The number of carbonyl (C=O) groups is 1. The molecule has 1 aliphatic heterocycles. The number of sulfonamides is 1. The van der Waals surface area contributed by atoms with E-state index in [4.69, 9.17) is 4.52 Å². The second-order valence-electron chi connectivity index (χ2n) is 9.54. The highest BCUT2D eigenvalue weighted by Gasteiger charge is 2.35. The van der Waals surface area contributed by atoms with Crippen LogP contribution in [0.25, 0.3) is 10.7 Å². The summed E-state index contributed by atoms with van der Waals surface area (Å²) in [6.07, 6.45) is 8.19. The Balaban J connectivity index is 1.47. The quantitative estimate of drug-likeness (QED) is 0.594. The fourth-order valence-electron chi connectivity index (χ4n) is 4.66. The molecular weight excluding hydrogens is 460 g/mol. The molecule has 2 aromatic heterocycles. The van der Waals surface area contributed by atoms with Gasteiger partial charge in [-0.1, -0.05) is 44.7 Å². The van der Waals surface area contributed by atoms with Crippen LogP contribution in [0, 0.1) is 12.8 Å². The van der Waals surface area contributed by atoms with Crippen molar-refractivity contribution < 1.29 is 17.7 Å². The van der Waals surface area contributed by atoms with Crippen molar-refractivity contribution in [1.29, 1.82) is 0 Å². The van der Waals surface area contributed by atoms with Gasteiger partial charge in [-0.3, -0.25) is 4.79 Å². The van der Waals surface area contributed by atoms with Gasteiger partial charge in [0.25, 0.3) is 0 Å². The van der Waals surface area contributed by atoms with Crippen molar-refractivity contribution in [3.05, 3.63) is 16.8 Å². The Morgan fingerprint density at radius 3 is 2.58 bits per heavy atom. The number of carbonyl (C=O) groups excluding carboxylic acids is 1. The molecule has 1 aliphatic carbocycles. The van der Waals surface area contributed by atoms with Crippen molar-refractivity contribution in [3.63, 3.8) is 0 Å². The zero-order valence-electron chi connectivity index (χ0n) is 19.7. The zero-order valence-corrected chi connectivity index (χ0v) is 21.3. The molecule has 0 radical (unpaired) electrons. The number of thiophene rings is 1. The van der Waals surface area contributed by atoms with Gasteiger partial charge in [-0.2, -0.15) is 9.29 Å². The predicted octanol–water partition coefficient (Wildman–Crippen LogP) is 4.47. The minimum absolute atomic E-state index is 0.00228. The molecule has 2 aromatic rings. The molecule has 0 spiro atoms. The van der Waals surface area contributed by atoms with Crippen LogP contribution in [-0.2, 0) is 14.8 Å². The van der Waals surface area contributed by atoms with Crippen molar-refractivity contribution >= 4 is 27.3 Å². The SMILES string of the molecule is Cc1sc(-c2noc(C(C)C)n2)cc1S(=O)(=O)N1CCC[C@H](C(=O)NC2CCCCCC2)C1. The predicted molar refractivity (Wildman–Crippen MR) is 128 cm³/mol. The summed E-state index contributed by atoms with van der Waals surface area (Å²) >= 11 is 1.35. The van der Waals surface area contributed by atoms with E-state index in [9.17, 15) is 13.2 Å². The molecule has 3 heterocycles. The van der Waals surface area contributed by atoms with Gasteiger partial charge in [0.05, 0.1) is 15.7 Å². The lowest BCUT2D eigenvalue weighted by Gasteiger charge is -2.32. The van der Waals surface area contributed by atoms with Crippen molar-refractivity contribution in [3.8, 4) is 10.7 Å². The normalized spacial score (nSPS) is 21.3. The smallest absolute Gasteiger partial charge is 0.244 e. The minimum atomic E-state index is -3.72. The van der Waals surface area contributed by atoms with E-state index in [0.29, 0.717) is 34.4 Å². The second-order valence-corrected chi connectivity index (χ2v) is 12.7. The maximum atomic E-state index is 13.5. The van der Waals surface area contributed by atoms with Gasteiger partial charge in [0.15, 0.2) is 0 Å². The van der Waals surface area contributed by atoms with Crippen LogP contribution in [0.4, 0.5) is 0 Å². The van der Waals surface area contributed by atoms with Crippen molar-refractivity contribution in [1.82, 2.24) is 19.8 Å². The maximum absolute atomic E-state index is 13.5. The summed E-state index contributed by atoms with van der Waals surface area (Å²) in [5.74, 6) is 0.732. The summed E-state index contributed by atoms with van der Waals surface area (Å²) in [6.45, 7) is 6.38. The van der Waals surface area contributed by atoms with Crippen molar-refractivity contribution in [2.45, 2.75) is 89.0 Å². The van der Waals surface area contributed by atoms with E-state index in [-0.39, 0.29) is 35.2 Å².